The summed E-state index contributed by atoms with van der Waals surface area (Å²) in [4.78, 5) is 0. The van der Waals surface area contributed by atoms with Gasteiger partial charge < -0.3 is 19.9 Å². The number of nitrogens with one attached hydrogen (secondary N) is 1. The van der Waals surface area contributed by atoms with E-state index in [0.717, 1.165) is 36.4 Å². The summed E-state index contributed by atoms with van der Waals surface area (Å²) in [5.74, 6) is 1.50. The van der Waals surface area contributed by atoms with Crippen molar-refractivity contribution >= 4 is 5.69 Å². The van der Waals surface area contributed by atoms with Crippen molar-refractivity contribution in [2.45, 2.75) is 31.4 Å². The lowest BCUT2D eigenvalue weighted by Gasteiger charge is -2.18. The minimum atomic E-state index is -0.257. The fourth-order valence-electron chi connectivity index (χ4n) is 2.21. The molecule has 4 nitrogen and oxygen atoms in total. The van der Waals surface area contributed by atoms with Gasteiger partial charge >= 0.3 is 0 Å². The van der Waals surface area contributed by atoms with Gasteiger partial charge in [-0.25, -0.2) is 0 Å². The molecule has 17 heavy (non-hydrogen) atoms. The molecule has 0 amide bonds. The van der Waals surface area contributed by atoms with E-state index < -0.39 is 0 Å². The second-order valence-corrected chi connectivity index (χ2v) is 4.35. The molecule has 0 bridgehead atoms. The molecule has 0 radical (unpaired) electrons. The highest BCUT2D eigenvalue weighted by atomic mass is 16.5. The van der Waals surface area contributed by atoms with Crippen LogP contribution in [-0.4, -0.2) is 31.5 Å². The minimum Gasteiger partial charge on any atom is -0.497 e. The Morgan fingerprint density at radius 1 is 1.12 bits per heavy atom. The average Bonchev–Trinajstić information content (AvgIpc) is 2.74. The molecule has 2 N–H and O–H groups in total. The number of rotatable bonds is 4. The molecule has 1 fully saturated rings. The summed E-state index contributed by atoms with van der Waals surface area (Å²) in [7, 11) is 3.26. The molecule has 1 saturated carbocycles. The fourth-order valence-corrected chi connectivity index (χ4v) is 2.21. The minimum absolute atomic E-state index is 0.131. The predicted molar refractivity (Wildman–Crippen MR) is 66.8 cm³/mol. The van der Waals surface area contributed by atoms with Crippen LogP contribution in [0.2, 0.25) is 0 Å². The Bertz CT molecular complexity index is 359. The Kier molecular flexibility index (Phi) is 3.74. The predicted octanol–water partition coefficient (Wildman–Crippen LogP) is 2.03. The molecule has 0 aliphatic heterocycles. The van der Waals surface area contributed by atoms with E-state index >= 15 is 0 Å². The van der Waals surface area contributed by atoms with E-state index in [1.54, 1.807) is 14.2 Å². The van der Waals surface area contributed by atoms with Gasteiger partial charge in [-0.1, -0.05) is 0 Å². The Morgan fingerprint density at radius 3 is 2.24 bits per heavy atom. The first-order chi connectivity index (χ1) is 8.22. The van der Waals surface area contributed by atoms with Gasteiger partial charge in [-0.05, 0) is 19.3 Å². The zero-order valence-corrected chi connectivity index (χ0v) is 10.3. The molecule has 0 heterocycles. The van der Waals surface area contributed by atoms with Crippen molar-refractivity contribution in [2.75, 3.05) is 19.5 Å². The highest BCUT2D eigenvalue weighted by Crippen LogP contribution is 2.29. The highest BCUT2D eigenvalue weighted by Gasteiger charge is 2.25. The number of methoxy groups -OCH3 is 2. The van der Waals surface area contributed by atoms with Crippen molar-refractivity contribution in [3.8, 4) is 11.5 Å². The summed E-state index contributed by atoms with van der Waals surface area (Å²) >= 11 is 0. The van der Waals surface area contributed by atoms with Gasteiger partial charge in [0.05, 0.1) is 26.4 Å². The van der Waals surface area contributed by atoms with Crippen molar-refractivity contribution in [3.05, 3.63) is 18.2 Å². The van der Waals surface area contributed by atoms with E-state index in [1.165, 1.54) is 0 Å². The summed E-state index contributed by atoms with van der Waals surface area (Å²) < 4.78 is 10.4. The quantitative estimate of drug-likeness (QED) is 0.841. The van der Waals surface area contributed by atoms with E-state index in [2.05, 4.69) is 5.32 Å². The second kappa shape index (κ2) is 5.27. The number of hydrogen-bond donors (Lipinski definition) is 2. The Balaban J connectivity index is 2.14. The van der Waals surface area contributed by atoms with Gasteiger partial charge in [0.25, 0.3) is 0 Å². The van der Waals surface area contributed by atoms with Crippen LogP contribution in [0.3, 0.4) is 0 Å². The normalized spacial score (nSPS) is 23.5. The third-order valence-electron chi connectivity index (χ3n) is 3.18. The first-order valence-electron chi connectivity index (χ1n) is 5.90. The molecule has 1 aliphatic rings. The zero-order valence-electron chi connectivity index (χ0n) is 10.3. The van der Waals surface area contributed by atoms with E-state index in [1.807, 2.05) is 18.2 Å². The molecule has 1 aromatic rings. The Morgan fingerprint density at radius 2 is 1.76 bits per heavy atom. The van der Waals surface area contributed by atoms with Gasteiger partial charge in [0, 0.05) is 23.9 Å². The molecule has 1 aliphatic carbocycles. The number of hydrogen-bond acceptors (Lipinski definition) is 4. The molecule has 0 unspecified atom stereocenters. The van der Waals surface area contributed by atoms with Crippen LogP contribution in [-0.2, 0) is 0 Å². The summed E-state index contributed by atoms with van der Waals surface area (Å²) in [6.07, 6.45) is 2.69. The maximum Gasteiger partial charge on any atom is 0.124 e. The smallest absolute Gasteiger partial charge is 0.124 e. The van der Waals surface area contributed by atoms with Crippen LogP contribution in [0.4, 0.5) is 5.69 Å². The van der Waals surface area contributed by atoms with E-state index in [9.17, 15) is 5.11 Å². The molecule has 2 rings (SSSR count). The second-order valence-electron chi connectivity index (χ2n) is 4.35. The SMILES string of the molecule is COc1cc(N[C@@H]2CCC[C@H]2O)cc(OC)c1. The topological polar surface area (TPSA) is 50.7 Å². The van der Waals surface area contributed by atoms with Crippen LogP contribution < -0.4 is 14.8 Å². The van der Waals surface area contributed by atoms with Gasteiger partial charge in [0.1, 0.15) is 11.5 Å². The maximum atomic E-state index is 9.78. The van der Waals surface area contributed by atoms with Gasteiger partial charge in [-0.2, -0.15) is 0 Å². The summed E-state index contributed by atoms with van der Waals surface area (Å²) in [5.41, 5.74) is 0.923. The number of aliphatic hydroxyl groups excluding tert-OH is 1. The molecule has 2 atom stereocenters. The molecule has 1 aromatic carbocycles. The van der Waals surface area contributed by atoms with Crippen molar-refractivity contribution in [1.82, 2.24) is 0 Å². The Labute approximate surface area is 102 Å². The van der Waals surface area contributed by atoms with Crippen molar-refractivity contribution < 1.29 is 14.6 Å². The first-order valence-corrected chi connectivity index (χ1v) is 5.90. The molecule has 4 heteroatoms. The van der Waals surface area contributed by atoms with E-state index in [4.69, 9.17) is 9.47 Å². The monoisotopic (exact) mass is 237 g/mol. The molecule has 0 aromatic heterocycles. The molecule has 0 spiro atoms. The Hall–Kier alpha value is -1.42. The van der Waals surface area contributed by atoms with Crippen molar-refractivity contribution in [3.63, 3.8) is 0 Å². The largest absolute Gasteiger partial charge is 0.497 e. The molecule has 0 saturated heterocycles. The van der Waals surface area contributed by atoms with Crippen LogP contribution in [0.1, 0.15) is 19.3 Å². The molecular weight excluding hydrogens is 218 g/mol. The summed E-state index contributed by atoms with van der Waals surface area (Å²) in [6.45, 7) is 0. The van der Waals surface area contributed by atoms with Crippen LogP contribution in [0.15, 0.2) is 18.2 Å². The van der Waals surface area contributed by atoms with Crippen LogP contribution in [0, 0.1) is 0 Å². The first kappa shape index (κ1) is 12.0. The average molecular weight is 237 g/mol. The lowest BCUT2D eigenvalue weighted by molar-refractivity contribution is 0.172. The van der Waals surface area contributed by atoms with Crippen LogP contribution >= 0.6 is 0 Å². The van der Waals surface area contributed by atoms with Crippen LogP contribution in [0.5, 0.6) is 11.5 Å². The third-order valence-corrected chi connectivity index (χ3v) is 3.18. The van der Waals surface area contributed by atoms with Gasteiger partial charge in [-0.3, -0.25) is 0 Å². The van der Waals surface area contributed by atoms with Gasteiger partial charge in [-0.15, -0.1) is 0 Å². The summed E-state index contributed by atoms with van der Waals surface area (Å²) in [5, 5.41) is 13.1. The van der Waals surface area contributed by atoms with Crippen molar-refractivity contribution in [1.29, 1.82) is 0 Å². The lowest BCUT2D eigenvalue weighted by Crippen LogP contribution is -2.27. The molecule has 94 valence electrons. The van der Waals surface area contributed by atoms with Gasteiger partial charge in [0.15, 0.2) is 0 Å². The van der Waals surface area contributed by atoms with Crippen LogP contribution in [0.25, 0.3) is 0 Å². The van der Waals surface area contributed by atoms with Gasteiger partial charge in [0.2, 0.25) is 0 Å². The highest BCUT2D eigenvalue weighted by molar-refractivity contribution is 5.54. The molecular formula is C13H19NO3. The van der Waals surface area contributed by atoms with Crippen molar-refractivity contribution in [2.24, 2.45) is 0 Å². The fraction of sp³-hybridized carbons (Fsp3) is 0.538. The zero-order chi connectivity index (χ0) is 12.3. The van der Waals surface area contributed by atoms with E-state index in [0.29, 0.717) is 0 Å². The standard InChI is InChI=1S/C13H19NO3/c1-16-10-6-9(7-11(8-10)17-2)14-12-4-3-5-13(12)15/h6-8,12-15H,3-5H2,1-2H3/t12-,13-/m1/s1. The van der Waals surface area contributed by atoms with E-state index in [-0.39, 0.29) is 12.1 Å². The maximum absolute atomic E-state index is 9.78. The number of aliphatic hydroxyl groups is 1. The third kappa shape index (κ3) is 2.82. The number of benzene rings is 1. The summed E-state index contributed by atoms with van der Waals surface area (Å²) in [6, 6.07) is 5.78. The number of anilines is 1. The number of ether oxygens (including phenoxy) is 2. The lowest BCUT2D eigenvalue weighted by atomic mass is 10.2.